The molecule has 6 nitrogen and oxygen atoms in total. The lowest BCUT2D eigenvalue weighted by atomic mass is 10.0. The lowest BCUT2D eigenvalue weighted by Gasteiger charge is -2.32. The van der Waals surface area contributed by atoms with Crippen LogP contribution in [0.3, 0.4) is 0 Å². The van der Waals surface area contributed by atoms with Crippen molar-refractivity contribution in [3.8, 4) is 11.1 Å². The largest absolute Gasteiger partial charge is 0.352 e. The molecule has 1 fully saturated rings. The van der Waals surface area contributed by atoms with E-state index in [0.717, 1.165) is 29.7 Å². The van der Waals surface area contributed by atoms with E-state index in [1.807, 2.05) is 36.4 Å². The highest BCUT2D eigenvalue weighted by Gasteiger charge is 2.21. The van der Waals surface area contributed by atoms with Crippen molar-refractivity contribution in [2.24, 2.45) is 0 Å². The van der Waals surface area contributed by atoms with Crippen LogP contribution in [0.4, 0.5) is 0 Å². The summed E-state index contributed by atoms with van der Waals surface area (Å²) in [7, 11) is 2.11. The molecule has 0 bridgehead atoms. The van der Waals surface area contributed by atoms with E-state index in [2.05, 4.69) is 27.6 Å². The van der Waals surface area contributed by atoms with Crippen molar-refractivity contribution in [1.29, 1.82) is 0 Å². The summed E-state index contributed by atoms with van der Waals surface area (Å²) in [6.07, 6.45) is 5.18. The highest BCUT2D eigenvalue weighted by Crippen LogP contribution is 2.23. The zero-order chi connectivity index (χ0) is 19.9. The number of hydrogen-bond donors (Lipinski definition) is 2. The highest BCUT2D eigenvalue weighted by molar-refractivity contribution is 5.99. The summed E-state index contributed by atoms with van der Waals surface area (Å²) < 4.78 is 0. The zero-order valence-electron chi connectivity index (χ0n) is 16.6. The topological polar surface area (TPSA) is 74.3 Å². The number of nitrogens with zero attached hydrogens (tertiary/aromatic N) is 2. The van der Waals surface area contributed by atoms with Gasteiger partial charge in [-0.15, -0.1) is 0 Å². The maximum atomic E-state index is 12.8. The van der Waals surface area contributed by atoms with Crippen molar-refractivity contribution in [2.75, 3.05) is 20.1 Å². The Morgan fingerprint density at radius 2 is 2.04 bits per heavy atom. The molecule has 2 heterocycles. The van der Waals surface area contributed by atoms with E-state index in [1.165, 1.54) is 19.8 Å². The molecule has 2 amide bonds. The molecule has 1 saturated heterocycles. The van der Waals surface area contributed by atoms with E-state index in [1.54, 1.807) is 6.20 Å². The summed E-state index contributed by atoms with van der Waals surface area (Å²) in [4.78, 5) is 30.7. The lowest BCUT2D eigenvalue weighted by molar-refractivity contribution is -0.119. The number of nitrogens with one attached hydrogen (secondary N) is 2. The minimum absolute atomic E-state index is 0.0699. The van der Waals surface area contributed by atoms with Gasteiger partial charge in [0.15, 0.2) is 0 Å². The van der Waals surface area contributed by atoms with E-state index in [4.69, 9.17) is 0 Å². The monoisotopic (exact) mass is 380 g/mol. The first-order valence-corrected chi connectivity index (χ1v) is 9.82. The molecule has 1 aromatic carbocycles. The summed E-state index contributed by atoms with van der Waals surface area (Å²) in [5.41, 5.74) is 3.11. The van der Waals surface area contributed by atoms with Crippen molar-refractivity contribution in [3.05, 3.63) is 53.9 Å². The van der Waals surface area contributed by atoms with E-state index < -0.39 is 0 Å². The maximum Gasteiger partial charge on any atom is 0.270 e. The summed E-state index contributed by atoms with van der Waals surface area (Å²) in [6, 6.07) is 11.9. The van der Waals surface area contributed by atoms with Crippen LogP contribution in [-0.2, 0) is 11.3 Å². The van der Waals surface area contributed by atoms with Gasteiger partial charge in [0.1, 0.15) is 5.69 Å². The van der Waals surface area contributed by atoms with Gasteiger partial charge in [-0.2, -0.15) is 0 Å². The zero-order valence-corrected chi connectivity index (χ0v) is 16.6. The minimum atomic E-state index is -0.151. The van der Waals surface area contributed by atoms with Gasteiger partial charge >= 0.3 is 0 Å². The minimum Gasteiger partial charge on any atom is -0.352 e. The Kier molecular flexibility index (Phi) is 6.76. The quantitative estimate of drug-likeness (QED) is 0.808. The Hall–Kier alpha value is -2.73. The Bertz CT molecular complexity index is 837. The normalized spacial score (nSPS) is 17.1. The number of likely N-dealkylation sites (tertiary alicyclic amines) is 1. The molecular weight excluding hydrogens is 352 g/mol. The molecule has 2 N–H and O–H groups in total. The third kappa shape index (κ3) is 5.16. The first-order valence-electron chi connectivity index (χ1n) is 9.82. The van der Waals surface area contributed by atoms with E-state index >= 15 is 0 Å². The van der Waals surface area contributed by atoms with Gasteiger partial charge in [0.2, 0.25) is 5.91 Å². The standard InChI is InChI=1S/C22H28N4O2/c1-16(27)24-14-17-7-5-8-18(13-17)20-10-6-11-23-21(20)22(28)25-15-19-9-3-4-12-26(19)2/h5-8,10-11,13,19H,3-4,9,12,14-15H2,1-2H3,(H,24,27)(H,25,28). The van der Waals surface area contributed by atoms with Crippen LogP contribution in [-0.4, -0.2) is 47.9 Å². The second-order valence-electron chi connectivity index (χ2n) is 7.35. The molecule has 1 aromatic heterocycles. The maximum absolute atomic E-state index is 12.8. The molecular formula is C22H28N4O2. The third-order valence-corrected chi connectivity index (χ3v) is 5.22. The van der Waals surface area contributed by atoms with Crippen LogP contribution in [0, 0.1) is 0 Å². The van der Waals surface area contributed by atoms with Gasteiger partial charge in [-0.25, -0.2) is 0 Å². The van der Waals surface area contributed by atoms with E-state index in [9.17, 15) is 9.59 Å². The van der Waals surface area contributed by atoms with E-state index in [-0.39, 0.29) is 11.8 Å². The number of rotatable bonds is 6. The van der Waals surface area contributed by atoms with Crippen LogP contribution in [0.25, 0.3) is 11.1 Å². The number of hydrogen-bond acceptors (Lipinski definition) is 4. The fourth-order valence-electron chi connectivity index (χ4n) is 3.59. The second kappa shape index (κ2) is 9.46. The smallest absolute Gasteiger partial charge is 0.270 e. The molecule has 148 valence electrons. The van der Waals surface area contributed by atoms with Gasteiger partial charge in [0, 0.05) is 37.8 Å². The molecule has 0 aliphatic carbocycles. The lowest BCUT2D eigenvalue weighted by Crippen LogP contribution is -2.44. The average Bonchev–Trinajstić information content (AvgIpc) is 2.71. The molecule has 0 radical (unpaired) electrons. The van der Waals surface area contributed by atoms with Crippen LogP contribution < -0.4 is 10.6 Å². The fourth-order valence-corrected chi connectivity index (χ4v) is 3.59. The Morgan fingerprint density at radius 3 is 2.82 bits per heavy atom. The number of benzene rings is 1. The van der Waals surface area contributed by atoms with Gasteiger partial charge in [-0.1, -0.05) is 30.7 Å². The number of aromatic nitrogens is 1. The molecule has 1 unspecified atom stereocenters. The Morgan fingerprint density at radius 1 is 1.18 bits per heavy atom. The van der Waals surface area contributed by atoms with Crippen LogP contribution in [0.1, 0.15) is 42.2 Å². The molecule has 1 atom stereocenters. The van der Waals surface area contributed by atoms with Crippen molar-refractivity contribution in [1.82, 2.24) is 20.5 Å². The van der Waals surface area contributed by atoms with Crippen molar-refractivity contribution in [2.45, 2.75) is 38.8 Å². The first-order chi connectivity index (χ1) is 13.5. The van der Waals surface area contributed by atoms with Crippen molar-refractivity contribution >= 4 is 11.8 Å². The average molecular weight is 380 g/mol. The Labute approximate surface area is 166 Å². The van der Waals surface area contributed by atoms with Gasteiger partial charge in [0.05, 0.1) is 0 Å². The van der Waals surface area contributed by atoms with Crippen molar-refractivity contribution in [3.63, 3.8) is 0 Å². The SMILES string of the molecule is CC(=O)NCc1cccc(-c2cccnc2C(=O)NCC2CCCCN2C)c1. The molecule has 3 rings (SSSR count). The third-order valence-electron chi connectivity index (χ3n) is 5.22. The van der Waals surface area contributed by atoms with Gasteiger partial charge in [-0.05, 0) is 49.7 Å². The first kappa shape index (κ1) is 20.0. The number of piperidine rings is 1. The number of carbonyl (C=O) groups is 2. The fraction of sp³-hybridized carbons (Fsp3) is 0.409. The molecule has 2 aromatic rings. The summed E-state index contributed by atoms with van der Waals surface area (Å²) in [5, 5.41) is 5.86. The molecule has 28 heavy (non-hydrogen) atoms. The Balaban J connectivity index is 1.74. The molecule has 0 saturated carbocycles. The van der Waals surface area contributed by atoms with Gasteiger partial charge in [0.25, 0.3) is 5.91 Å². The van der Waals surface area contributed by atoms with Crippen molar-refractivity contribution < 1.29 is 9.59 Å². The van der Waals surface area contributed by atoms with E-state index in [0.29, 0.717) is 24.8 Å². The number of amides is 2. The van der Waals surface area contributed by atoms with Gasteiger partial charge < -0.3 is 15.5 Å². The van der Waals surface area contributed by atoms with Crippen LogP contribution in [0.15, 0.2) is 42.6 Å². The molecule has 6 heteroatoms. The summed E-state index contributed by atoms with van der Waals surface area (Å²) in [6.45, 7) is 3.67. The number of likely N-dealkylation sites (N-methyl/N-ethyl adjacent to an activating group) is 1. The highest BCUT2D eigenvalue weighted by atomic mass is 16.2. The van der Waals surface area contributed by atoms with Gasteiger partial charge in [-0.3, -0.25) is 14.6 Å². The number of pyridine rings is 1. The summed E-state index contributed by atoms with van der Waals surface area (Å²) >= 11 is 0. The second-order valence-corrected chi connectivity index (χ2v) is 7.35. The predicted octanol–water partition coefficient (Wildman–Crippen LogP) is 2.60. The van der Waals surface area contributed by atoms with Crippen LogP contribution >= 0.6 is 0 Å². The molecule has 1 aliphatic heterocycles. The predicted molar refractivity (Wildman–Crippen MR) is 110 cm³/mol. The number of carbonyl (C=O) groups excluding carboxylic acids is 2. The summed E-state index contributed by atoms with van der Waals surface area (Å²) in [5.74, 6) is -0.221. The van der Waals surface area contributed by atoms with Crippen LogP contribution in [0.2, 0.25) is 0 Å². The van der Waals surface area contributed by atoms with Crippen LogP contribution in [0.5, 0.6) is 0 Å². The molecule has 1 aliphatic rings. The molecule has 0 spiro atoms.